The van der Waals surface area contributed by atoms with Gasteiger partial charge in [-0.15, -0.1) is 0 Å². The van der Waals surface area contributed by atoms with Crippen LogP contribution in [0, 0.1) is 0 Å². The van der Waals surface area contributed by atoms with Crippen LogP contribution in [0.2, 0.25) is 5.02 Å². The summed E-state index contributed by atoms with van der Waals surface area (Å²) in [5.74, 6) is 1.42. The summed E-state index contributed by atoms with van der Waals surface area (Å²) in [4.78, 5) is 10.2. The Balaban J connectivity index is 1.61. The van der Waals surface area contributed by atoms with Crippen molar-refractivity contribution in [3.8, 4) is 34.2 Å². The van der Waals surface area contributed by atoms with Crippen molar-refractivity contribution in [3.63, 3.8) is 0 Å². The zero-order chi connectivity index (χ0) is 22.1. The van der Waals surface area contributed by atoms with Crippen molar-refractivity contribution in [1.29, 1.82) is 0 Å². The summed E-state index contributed by atoms with van der Waals surface area (Å²) < 4.78 is 8.92. The molecule has 0 amide bonds. The van der Waals surface area contributed by atoms with E-state index in [0.29, 0.717) is 10.8 Å². The van der Waals surface area contributed by atoms with Crippen LogP contribution in [0.1, 0.15) is 6.92 Å². The number of hydrogen-bond donors (Lipinski definition) is 0. The van der Waals surface area contributed by atoms with Gasteiger partial charge in [-0.25, -0.2) is 4.98 Å². The van der Waals surface area contributed by atoms with Crippen LogP contribution >= 0.6 is 23.4 Å². The number of halogens is 1. The quantitative estimate of drug-likeness (QED) is 0.316. The summed E-state index contributed by atoms with van der Waals surface area (Å²) in [6.07, 6.45) is 3.13. The maximum absolute atomic E-state index is 6.08. The van der Waals surface area contributed by atoms with Crippen LogP contribution in [-0.4, -0.2) is 29.5 Å². The van der Waals surface area contributed by atoms with E-state index in [0.717, 1.165) is 44.8 Å². The first-order valence-corrected chi connectivity index (χ1v) is 11.2. The van der Waals surface area contributed by atoms with E-state index in [1.165, 1.54) is 6.39 Å². The molecule has 0 spiro atoms. The molecular formula is C23H19ClN6OS. The lowest BCUT2D eigenvalue weighted by molar-refractivity contribution is 0.419. The third-order valence-electron chi connectivity index (χ3n) is 5.09. The lowest BCUT2D eigenvalue weighted by atomic mass is 10.1. The Labute approximate surface area is 194 Å². The molecule has 0 bridgehead atoms. The molecule has 3 heterocycles. The van der Waals surface area contributed by atoms with Gasteiger partial charge in [-0.2, -0.15) is 10.1 Å². The van der Waals surface area contributed by atoms with Crippen molar-refractivity contribution >= 4 is 23.4 Å². The van der Waals surface area contributed by atoms with Gasteiger partial charge in [0.25, 0.3) is 0 Å². The van der Waals surface area contributed by atoms with E-state index in [1.54, 1.807) is 18.0 Å². The van der Waals surface area contributed by atoms with Crippen molar-refractivity contribution in [2.24, 2.45) is 7.05 Å². The van der Waals surface area contributed by atoms with Crippen LogP contribution in [0.3, 0.4) is 0 Å². The molecule has 0 N–H and O–H groups in total. The first kappa shape index (κ1) is 20.5. The number of aryl methyl sites for hydroxylation is 1. The second-order valence-corrected chi connectivity index (χ2v) is 8.57. The largest absolute Gasteiger partial charge is 0.342 e. The highest BCUT2D eigenvalue weighted by Gasteiger charge is 2.21. The molecule has 0 saturated heterocycles. The molecule has 160 valence electrons. The highest BCUT2D eigenvalue weighted by Crippen LogP contribution is 2.39. The normalized spacial score (nSPS) is 11.2. The molecule has 0 aliphatic heterocycles. The summed E-state index contributed by atoms with van der Waals surface area (Å²) in [6.45, 7) is 2.84. The Morgan fingerprint density at radius 1 is 1.00 bits per heavy atom. The van der Waals surface area contributed by atoms with Crippen LogP contribution in [0.25, 0.3) is 34.2 Å². The van der Waals surface area contributed by atoms with Crippen molar-refractivity contribution < 1.29 is 4.52 Å². The lowest BCUT2D eigenvalue weighted by Crippen LogP contribution is -2.03. The molecule has 0 unspecified atom stereocenters. The minimum absolute atomic E-state index is 0.556. The van der Waals surface area contributed by atoms with Gasteiger partial charge in [-0.05, 0) is 37.3 Å². The van der Waals surface area contributed by atoms with Crippen molar-refractivity contribution in [1.82, 2.24) is 29.5 Å². The average molecular weight is 463 g/mol. The molecule has 5 rings (SSSR count). The number of hydrogen-bond acceptors (Lipinski definition) is 6. The summed E-state index contributed by atoms with van der Waals surface area (Å²) in [5.41, 5.74) is 3.75. The second kappa shape index (κ2) is 8.64. The third-order valence-corrected chi connectivity index (χ3v) is 6.51. The Bertz CT molecular complexity index is 1340. The number of benzene rings is 2. The number of imidazole rings is 1. The van der Waals surface area contributed by atoms with Crippen LogP contribution in [0.4, 0.5) is 0 Å². The first-order valence-electron chi connectivity index (χ1n) is 10.0. The van der Waals surface area contributed by atoms with Gasteiger partial charge in [0.05, 0.1) is 0 Å². The van der Waals surface area contributed by atoms with Gasteiger partial charge in [0, 0.05) is 40.8 Å². The smallest absolute Gasteiger partial charge is 0.214 e. The molecule has 32 heavy (non-hydrogen) atoms. The van der Waals surface area contributed by atoms with E-state index >= 15 is 0 Å². The average Bonchev–Trinajstić information content (AvgIpc) is 3.57. The first-order chi connectivity index (χ1) is 15.6. The molecule has 5 aromatic rings. The van der Waals surface area contributed by atoms with Gasteiger partial charge in [0.1, 0.15) is 16.4 Å². The maximum Gasteiger partial charge on any atom is 0.214 e. The molecule has 0 radical (unpaired) electrons. The maximum atomic E-state index is 6.08. The highest BCUT2D eigenvalue weighted by atomic mass is 35.5. The standard InChI is InChI=1S/C23H19ClN6OS/c1-3-30-19(12-13-26-30)22-27-20(15-4-6-16(7-5-15)21-25-14-31-28-21)23(29(22)2)32-18-10-8-17(24)9-11-18/h4-14H,3H2,1-2H3. The molecular weight excluding hydrogens is 444 g/mol. The van der Waals surface area contributed by atoms with Gasteiger partial charge < -0.3 is 9.09 Å². The van der Waals surface area contributed by atoms with Crippen LogP contribution in [0.15, 0.2) is 81.6 Å². The fourth-order valence-electron chi connectivity index (χ4n) is 3.48. The van der Waals surface area contributed by atoms with E-state index in [9.17, 15) is 0 Å². The predicted octanol–water partition coefficient (Wildman–Crippen LogP) is 5.83. The number of rotatable bonds is 6. The molecule has 0 aliphatic rings. The van der Waals surface area contributed by atoms with E-state index in [4.69, 9.17) is 21.1 Å². The Morgan fingerprint density at radius 3 is 2.44 bits per heavy atom. The fraction of sp³-hybridized carbons (Fsp3) is 0.130. The molecule has 0 aliphatic carbocycles. The summed E-state index contributed by atoms with van der Waals surface area (Å²) in [6, 6.07) is 17.8. The van der Waals surface area contributed by atoms with Gasteiger partial charge >= 0.3 is 0 Å². The summed E-state index contributed by atoms with van der Waals surface area (Å²) >= 11 is 7.73. The number of nitrogens with zero attached hydrogens (tertiary/aromatic N) is 6. The molecule has 3 aromatic heterocycles. The number of aromatic nitrogens is 6. The Kier molecular flexibility index (Phi) is 5.55. The van der Waals surface area contributed by atoms with E-state index < -0.39 is 0 Å². The second-order valence-electron chi connectivity index (χ2n) is 7.07. The third kappa shape index (κ3) is 3.83. The summed E-state index contributed by atoms with van der Waals surface area (Å²) in [7, 11) is 2.03. The monoisotopic (exact) mass is 462 g/mol. The van der Waals surface area contributed by atoms with Gasteiger partial charge in [0.15, 0.2) is 5.82 Å². The van der Waals surface area contributed by atoms with E-state index in [1.807, 2.05) is 66.3 Å². The van der Waals surface area contributed by atoms with Gasteiger partial charge in [-0.1, -0.05) is 52.8 Å². The van der Waals surface area contributed by atoms with Crippen LogP contribution in [-0.2, 0) is 13.6 Å². The van der Waals surface area contributed by atoms with Crippen molar-refractivity contribution in [3.05, 3.63) is 72.2 Å². The minimum atomic E-state index is 0.556. The van der Waals surface area contributed by atoms with Crippen molar-refractivity contribution in [2.45, 2.75) is 23.4 Å². The van der Waals surface area contributed by atoms with Gasteiger partial charge in [0.2, 0.25) is 12.2 Å². The van der Waals surface area contributed by atoms with Crippen molar-refractivity contribution in [2.75, 3.05) is 0 Å². The zero-order valence-electron chi connectivity index (χ0n) is 17.4. The van der Waals surface area contributed by atoms with E-state index in [-0.39, 0.29) is 0 Å². The molecule has 2 aromatic carbocycles. The summed E-state index contributed by atoms with van der Waals surface area (Å²) in [5, 5.41) is 10.1. The lowest BCUT2D eigenvalue weighted by Gasteiger charge is -2.08. The molecule has 0 saturated carbocycles. The molecule has 7 nitrogen and oxygen atoms in total. The topological polar surface area (TPSA) is 74.6 Å². The van der Waals surface area contributed by atoms with Crippen LogP contribution < -0.4 is 0 Å². The van der Waals surface area contributed by atoms with E-state index in [2.05, 4.69) is 26.7 Å². The predicted molar refractivity (Wildman–Crippen MR) is 124 cm³/mol. The van der Waals surface area contributed by atoms with Gasteiger partial charge in [-0.3, -0.25) is 4.68 Å². The minimum Gasteiger partial charge on any atom is -0.342 e. The molecule has 0 atom stereocenters. The Morgan fingerprint density at radius 2 is 1.75 bits per heavy atom. The Hall–Kier alpha value is -3.36. The molecule has 9 heteroatoms. The molecule has 0 fully saturated rings. The van der Waals surface area contributed by atoms with Crippen LogP contribution in [0.5, 0.6) is 0 Å². The fourth-order valence-corrected chi connectivity index (χ4v) is 4.59. The zero-order valence-corrected chi connectivity index (χ0v) is 19.0. The highest BCUT2D eigenvalue weighted by molar-refractivity contribution is 7.99. The SMILES string of the molecule is CCn1nccc1-c1nc(-c2ccc(-c3ncon3)cc2)c(Sc2ccc(Cl)cc2)n1C.